The van der Waals surface area contributed by atoms with E-state index < -0.39 is 47.9 Å². The molecule has 0 heterocycles. The van der Waals surface area contributed by atoms with Gasteiger partial charge >= 0.3 is 5.97 Å². The van der Waals surface area contributed by atoms with Crippen LogP contribution >= 0.6 is 0 Å². The van der Waals surface area contributed by atoms with E-state index in [9.17, 15) is 24.0 Å². The zero-order valence-corrected chi connectivity index (χ0v) is 28.5. The van der Waals surface area contributed by atoms with Crippen molar-refractivity contribution in [1.82, 2.24) is 20.9 Å². The van der Waals surface area contributed by atoms with Gasteiger partial charge in [-0.2, -0.15) is 0 Å². The Balaban J connectivity index is 1.88. The molecule has 0 unspecified atom stereocenters. The average Bonchev–Trinajstić information content (AvgIpc) is 3.08. The average molecular weight is 658 g/mol. The number of carbonyl (C=O) groups excluding carboxylic acids is 5. The molecular weight excluding hydrogens is 610 g/mol. The summed E-state index contributed by atoms with van der Waals surface area (Å²) in [5, 5.41) is 11.4. The fourth-order valence-electron chi connectivity index (χ4n) is 5.30. The van der Waals surface area contributed by atoms with Crippen LogP contribution in [0, 0.1) is 5.92 Å². The first-order valence-corrected chi connectivity index (χ1v) is 16.1. The van der Waals surface area contributed by atoms with E-state index in [0.29, 0.717) is 12.8 Å². The second-order valence-corrected chi connectivity index (χ2v) is 12.1. The number of nitrogens with one attached hydrogen (secondary N) is 4. The molecule has 0 radical (unpaired) electrons. The van der Waals surface area contributed by atoms with E-state index in [1.165, 1.54) is 25.0 Å². The van der Waals surface area contributed by atoms with Gasteiger partial charge in [0.15, 0.2) is 0 Å². The summed E-state index contributed by atoms with van der Waals surface area (Å²) >= 11 is 0. The molecule has 0 bridgehead atoms. The number of amides is 4. The van der Waals surface area contributed by atoms with Crippen molar-refractivity contribution in [3.63, 3.8) is 0 Å². The van der Waals surface area contributed by atoms with Crippen LogP contribution in [0.4, 0.5) is 5.69 Å². The van der Waals surface area contributed by atoms with Crippen LogP contribution in [0.3, 0.4) is 0 Å². The van der Waals surface area contributed by atoms with E-state index in [1.54, 1.807) is 32.3 Å². The number of benzene rings is 3. The summed E-state index contributed by atoms with van der Waals surface area (Å²) in [6, 6.07) is 21.9. The third-order valence-corrected chi connectivity index (χ3v) is 7.99. The highest BCUT2D eigenvalue weighted by Gasteiger charge is 2.34. The first-order valence-electron chi connectivity index (χ1n) is 16.1. The fourth-order valence-corrected chi connectivity index (χ4v) is 5.30. The zero-order valence-electron chi connectivity index (χ0n) is 28.5. The highest BCUT2D eigenvalue weighted by atomic mass is 16.5. The molecule has 256 valence electrons. The van der Waals surface area contributed by atoms with E-state index in [2.05, 4.69) is 21.3 Å². The first kappa shape index (κ1) is 37.4. The zero-order chi connectivity index (χ0) is 35.2. The first-order chi connectivity index (χ1) is 22.9. The van der Waals surface area contributed by atoms with Crippen LogP contribution < -0.4 is 21.3 Å². The monoisotopic (exact) mass is 657 g/mol. The summed E-state index contributed by atoms with van der Waals surface area (Å²) in [4.78, 5) is 68.0. The maximum Gasteiger partial charge on any atom is 0.328 e. The Kier molecular flexibility index (Phi) is 14.3. The molecule has 0 aliphatic carbocycles. The summed E-state index contributed by atoms with van der Waals surface area (Å²) in [5.74, 6) is -2.39. The van der Waals surface area contributed by atoms with Gasteiger partial charge in [0.2, 0.25) is 17.7 Å². The number of hydrogen-bond acceptors (Lipinski definition) is 7. The molecule has 4 atom stereocenters. The van der Waals surface area contributed by atoms with Crippen molar-refractivity contribution in [2.45, 2.75) is 64.2 Å². The van der Waals surface area contributed by atoms with Crippen LogP contribution in [0.25, 0.3) is 0 Å². The lowest BCUT2D eigenvalue weighted by Crippen LogP contribution is -2.56. The maximum atomic E-state index is 14.2. The van der Waals surface area contributed by atoms with Crippen molar-refractivity contribution in [2.75, 3.05) is 26.5 Å². The predicted molar refractivity (Wildman–Crippen MR) is 185 cm³/mol. The maximum absolute atomic E-state index is 14.2. The number of para-hydroxylation sites is 1. The summed E-state index contributed by atoms with van der Waals surface area (Å²) < 4.78 is 4.70. The molecule has 0 saturated carbocycles. The Morgan fingerprint density at radius 1 is 0.729 bits per heavy atom. The molecule has 4 N–H and O–H groups in total. The van der Waals surface area contributed by atoms with Crippen LogP contribution in [-0.4, -0.2) is 79.9 Å². The Labute approximate surface area is 282 Å². The quantitative estimate of drug-likeness (QED) is 0.173. The van der Waals surface area contributed by atoms with Gasteiger partial charge < -0.3 is 30.9 Å². The van der Waals surface area contributed by atoms with Crippen molar-refractivity contribution >= 4 is 35.3 Å². The molecule has 11 nitrogen and oxygen atoms in total. The highest BCUT2D eigenvalue weighted by Crippen LogP contribution is 2.19. The fraction of sp³-hybridized carbons (Fsp3) is 0.378. The summed E-state index contributed by atoms with van der Waals surface area (Å²) in [6.45, 7) is 5.42. The van der Waals surface area contributed by atoms with Crippen molar-refractivity contribution in [2.24, 2.45) is 5.92 Å². The van der Waals surface area contributed by atoms with Crippen molar-refractivity contribution < 1.29 is 28.7 Å². The van der Waals surface area contributed by atoms with E-state index in [0.717, 1.165) is 11.1 Å². The molecule has 0 fully saturated rings. The second kappa shape index (κ2) is 18.3. The minimum Gasteiger partial charge on any atom is -0.467 e. The molecule has 3 aromatic carbocycles. The van der Waals surface area contributed by atoms with Gasteiger partial charge in [-0.15, -0.1) is 0 Å². The molecule has 0 aromatic heterocycles. The van der Waals surface area contributed by atoms with Gasteiger partial charge in [0.05, 0.1) is 24.4 Å². The lowest BCUT2D eigenvalue weighted by molar-refractivity contribution is -0.142. The molecule has 4 amide bonds. The molecule has 3 rings (SSSR count). The minimum absolute atomic E-state index is 0.0639. The van der Waals surface area contributed by atoms with Gasteiger partial charge in [-0.1, -0.05) is 86.6 Å². The topological polar surface area (TPSA) is 146 Å². The van der Waals surface area contributed by atoms with Crippen molar-refractivity contribution in [3.05, 3.63) is 102 Å². The molecular formula is C37H47N5O6. The number of nitrogens with zero attached hydrogens (tertiary/aromatic N) is 1. The Morgan fingerprint density at radius 3 is 1.85 bits per heavy atom. The third-order valence-electron chi connectivity index (χ3n) is 7.99. The Bertz CT molecular complexity index is 1530. The van der Waals surface area contributed by atoms with Crippen LogP contribution in [0.1, 0.15) is 48.7 Å². The predicted octanol–water partition coefficient (Wildman–Crippen LogP) is 3.35. The number of anilines is 1. The number of carbonyl (C=O) groups is 5. The molecule has 0 saturated heterocycles. The smallest absolute Gasteiger partial charge is 0.328 e. The highest BCUT2D eigenvalue weighted by molar-refractivity contribution is 6.06. The summed E-state index contributed by atoms with van der Waals surface area (Å²) in [6.07, 6.45) is 0.974. The summed E-state index contributed by atoms with van der Waals surface area (Å²) in [7, 11) is 4.48. The SMILES string of the molecule is CN[C@@H](Cc1ccccc1)C(=O)N[C@@H](CC(C)C)C(=O)N(C)[C@@H](Cc1ccccc1)C(=O)Nc1ccccc1C(=O)N[C@@H](C)C(=O)OC. The lowest BCUT2D eigenvalue weighted by Gasteiger charge is -2.32. The molecule has 0 aliphatic heterocycles. The van der Waals surface area contributed by atoms with E-state index >= 15 is 0 Å². The van der Waals surface area contributed by atoms with Crippen LogP contribution in [0.15, 0.2) is 84.9 Å². The van der Waals surface area contributed by atoms with Gasteiger partial charge in [-0.05, 0) is 56.0 Å². The van der Waals surface area contributed by atoms with Crippen LogP contribution in [0.2, 0.25) is 0 Å². The number of esters is 1. The van der Waals surface area contributed by atoms with Gasteiger partial charge in [0.25, 0.3) is 5.91 Å². The molecule has 11 heteroatoms. The molecule has 3 aromatic rings. The normalized spacial score (nSPS) is 13.4. The van der Waals surface area contributed by atoms with Crippen molar-refractivity contribution in [3.8, 4) is 0 Å². The number of methoxy groups -OCH3 is 1. The minimum atomic E-state index is -0.999. The van der Waals surface area contributed by atoms with Crippen molar-refractivity contribution in [1.29, 1.82) is 0 Å². The third kappa shape index (κ3) is 10.8. The van der Waals surface area contributed by atoms with Gasteiger partial charge in [0, 0.05) is 13.5 Å². The van der Waals surface area contributed by atoms with E-state index in [-0.39, 0.29) is 29.5 Å². The number of rotatable bonds is 16. The number of likely N-dealkylation sites (N-methyl/N-ethyl adjacent to an activating group) is 2. The van der Waals surface area contributed by atoms with Gasteiger partial charge in [0.1, 0.15) is 18.1 Å². The lowest BCUT2D eigenvalue weighted by atomic mass is 9.98. The van der Waals surface area contributed by atoms with Gasteiger partial charge in [-0.3, -0.25) is 19.2 Å². The molecule has 0 spiro atoms. The van der Waals surface area contributed by atoms with Gasteiger partial charge in [-0.25, -0.2) is 4.79 Å². The second-order valence-electron chi connectivity index (χ2n) is 12.1. The van der Waals surface area contributed by atoms with Crippen LogP contribution in [-0.2, 0) is 36.8 Å². The summed E-state index contributed by atoms with van der Waals surface area (Å²) in [5.41, 5.74) is 2.14. The molecule has 0 aliphatic rings. The number of ether oxygens (including phenoxy) is 1. The Morgan fingerprint density at radius 2 is 1.29 bits per heavy atom. The van der Waals surface area contributed by atoms with Crippen LogP contribution in [0.5, 0.6) is 0 Å². The largest absolute Gasteiger partial charge is 0.467 e. The van der Waals surface area contributed by atoms with E-state index in [4.69, 9.17) is 4.74 Å². The molecule has 48 heavy (non-hydrogen) atoms. The Hall–Kier alpha value is -5.03. The standard InChI is InChI=1S/C37H47N5O6/c1-24(2)21-31(41-34(44)30(38-4)22-26-15-9-7-10-16-26)36(46)42(5)32(23-27-17-11-8-12-18-27)35(45)40-29-20-14-13-19-28(29)33(43)39-25(3)37(47)48-6/h7-20,24-25,30-32,38H,21-23H2,1-6H3,(H,39,43)(H,40,45)(H,41,44)/t25-,30-,31-,32-/m0/s1. The number of hydrogen-bond donors (Lipinski definition) is 4. The van der Waals surface area contributed by atoms with E-state index in [1.807, 2.05) is 74.5 Å².